The zero-order valence-electron chi connectivity index (χ0n) is 18.1. The Bertz CT molecular complexity index is 894. The van der Waals surface area contributed by atoms with Crippen LogP contribution in [0.5, 0.6) is 5.75 Å². The fourth-order valence-corrected chi connectivity index (χ4v) is 4.67. The number of carbonyl (C=O) groups excluding carboxylic acids is 1. The summed E-state index contributed by atoms with van der Waals surface area (Å²) in [6.07, 6.45) is 3.98. The first-order valence-corrected chi connectivity index (χ1v) is 11.9. The van der Waals surface area contributed by atoms with E-state index in [2.05, 4.69) is 39.3 Å². The predicted molar refractivity (Wildman–Crippen MR) is 125 cm³/mol. The van der Waals surface area contributed by atoms with Crippen molar-refractivity contribution in [3.05, 3.63) is 64.1 Å². The van der Waals surface area contributed by atoms with Crippen LogP contribution in [0.3, 0.4) is 0 Å². The summed E-state index contributed by atoms with van der Waals surface area (Å²) in [5.74, 6) is 0.954. The molecule has 1 saturated heterocycles. The van der Waals surface area contributed by atoms with Gasteiger partial charge in [-0.3, -0.25) is 9.69 Å². The first-order valence-electron chi connectivity index (χ1n) is 11.1. The average molecular weight is 487 g/mol. The van der Waals surface area contributed by atoms with Gasteiger partial charge in [0.05, 0.1) is 5.41 Å². The summed E-state index contributed by atoms with van der Waals surface area (Å²) in [6, 6.07) is 16.7. The highest BCUT2D eigenvalue weighted by Crippen LogP contribution is 2.48. The normalized spacial score (nSPS) is 18.0. The van der Waals surface area contributed by atoms with E-state index in [-0.39, 0.29) is 11.3 Å². The van der Waals surface area contributed by atoms with E-state index in [0.717, 1.165) is 66.8 Å². The molecule has 5 nitrogen and oxygen atoms in total. The molecule has 31 heavy (non-hydrogen) atoms. The van der Waals surface area contributed by atoms with E-state index in [4.69, 9.17) is 9.47 Å². The quantitative estimate of drug-likeness (QED) is 0.574. The monoisotopic (exact) mass is 486 g/mol. The van der Waals surface area contributed by atoms with E-state index in [9.17, 15) is 4.79 Å². The molecule has 1 amide bonds. The summed E-state index contributed by atoms with van der Waals surface area (Å²) in [6.45, 7) is 3.75. The lowest BCUT2D eigenvalue weighted by Crippen LogP contribution is -2.38. The van der Waals surface area contributed by atoms with Gasteiger partial charge in [0.2, 0.25) is 5.91 Å². The van der Waals surface area contributed by atoms with Gasteiger partial charge in [-0.1, -0.05) is 40.2 Å². The first kappa shape index (κ1) is 22.3. The van der Waals surface area contributed by atoms with E-state index in [1.54, 1.807) is 0 Å². The molecular formula is C25H31BrN2O3. The number of nitrogens with one attached hydrogen (secondary N) is 1. The highest BCUT2D eigenvalue weighted by molar-refractivity contribution is 9.10. The smallest absolute Gasteiger partial charge is 0.230 e. The van der Waals surface area contributed by atoms with Crippen LogP contribution in [-0.2, 0) is 21.5 Å². The summed E-state index contributed by atoms with van der Waals surface area (Å²) in [5.41, 5.74) is 1.77. The Balaban J connectivity index is 1.26. The third-order valence-corrected chi connectivity index (χ3v) is 6.93. The van der Waals surface area contributed by atoms with E-state index < -0.39 is 0 Å². The summed E-state index contributed by atoms with van der Waals surface area (Å²) < 4.78 is 12.4. The molecule has 2 aliphatic rings. The van der Waals surface area contributed by atoms with Crippen LogP contribution >= 0.6 is 15.9 Å². The van der Waals surface area contributed by atoms with Gasteiger partial charge < -0.3 is 14.8 Å². The molecule has 166 valence electrons. The summed E-state index contributed by atoms with van der Waals surface area (Å²) in [5, 5.41) is 3.13. The SMILES string of the molecule is CN(CCOc1cccc(CNC(=O)C2(c3cccc(Br)c3)CC2)c1)C1CCOCC1. The fourth-order valence-electron chi connectivity index (χ4n) is 4.27. The van der Waals surface area contributed by atoms with E-state index in [1.807, 2.05) is 42.5 Å². The summed E-state index contributed by atoms with van der Waals surface area (Å²) in [4.78, 5) is 15.3. The van der Waals surface area contributed by atoms with Crippen molar-refractivity contribution in [2.75, 3.05) is 33.4 Å². The zero-order valence-corrected chi connectivity index (χ0v) is 19.7. The molecule has 1 heterocycles. The Morgan fingerprint density at radius 1 is 1.19 bits per heavy atom. The van der Waals surface area contributed by atoms with Gasteiger partial charge in [-0.15, -0.1) is 0 Å². The topological polar surface area (TPSA) is 50.8 Å². The molecule has 2 aromatic carbocycles. The van der Waals surface area contributed by atoms with Crippen LogP contribution in [-0.4, -0.2) is 50.3 Å². The number of benzene rings is 2. The molecule has 1 aliphatic heterocycles. The van der Waals surface area contributed by atoms with Gasteiger partial charge in [0.15, 0.2) is 0 Å². The predicted octanol–water partition coefficient (Wildman–Crippen LogP) is 4.29. The van der Waals surface area contributed by atoms with Crippen LogP contribution in [0, 0.1) is 0 Å². The molecule has 2 aromatic rings. The second kappa shape index (κ2) is 10.2. The second-order valence-electron chi connectivity index (χ2n) is 8.60. The number of rotatable bonds is 9. The largest absolute Gasteiger partial charge is 0.492 e. The number of halogens is 1. The minimum Gasteiger partial charge on any atom is -0.492 e. The van der Waals surface area contributed by atoms with Crippen molar-refractivity contribution < 1.29 is 14.3 Å². The lowest BCUT2D eigenvalue weighted by molar-refractivity contribution is -0.123. The van der Waals surface area contributed by atoms with Crippen LogP contribution in [0.25, 0.3) is 0 Å². The highest BCUT2D eigenvalue weighted by atomic mass is 79.9. The van der Waals surface area contributed by atoms with Crippen LogP contribution in [0.4, 0.5) is 0 Å². The van der Waals surface area contributed by atoms with Crippen molar-refractivity contribution in [1.29, 1.82) is 0 Å². The third-order valence-electron chi connectivity index (χ3n) is 6.44. The Labute approximate surface area is 193 Å². The van der Waals surface area contributed by atoms with Crippen LogP contribution < -0.4 is 10.1 Å². The Hall–Kier alpha value is -1.89. The maximum absolute atomic E-state index is 12.9. The molecule has 0 aromatic heterocycles. The summed E-state index contributed by atoms with van der Waals surface area (Å²) >= 11 is 3.51. The maximum Gasteiger partial charge on any atom is 0.230 e. The number of amides is 1. The van der Waals surface area contributed by atoms with E-state index in [0.29, 0.717) is 19.2 Å². The lowest BCUT2D eigenvalue weighted by atomic mass is 9.95. The molecule has 6 heteroatoms. The van der Waals surface area contributed by atoms with Gasteiger partial charge >= 0.3 is 0 Å². The number of nitrogens with zero attached hydrogens (tertiary/aromatic N) is 1. The molecule has 4 rings (SSSR count). The van der Waals surface area contributed by atoms with Crippen molar-refractivity contribution in [3.63, 3.8) is 0 Å². The number of likely N-dealkylation sites (N-methyl/N-ethyl adjacent to an activating group) is 1. The molecular weight excluding hydrogens is 456 g/mol. The van der Waals surface area contributed by atoms with Gasteiger partial charge in [0.1, 0.15) is 12.4 Å². The third kappa shape index (κ3) is 5.68. The fraction of sp³-hybridized carbons (Fsp3) is 0.480. The van der Waals surface area contributed by atoms with Crippen molar-refractivity contribution >= 4 is 21.8 Å². The van der Waals surface area contributed by atoms with Crippen LogP contribution in [0.2, 0.25) is 0 Å². The van der Waals surface area contributed by atoms with Gasteiger partial charge in [0.25, 0.3) is 0 Å². The van der Waals surface area contributed by atoms with Crippen molar-refractivity contribution in [2.45, 2.75) is 43.7 Å². The number of hydrogen-bond acceptors (Lipinski definition) is 4. The Kier molecular flexibility index (Phi) is 7.31. The standard InChI is InChI=1S/C25H31BrN2O3/c1-28(22-8-13-30-14-9-22)12-15-31-23-7-2-4-19(16-23)18-27-24(29)25(10-11-25)20-5-3-6-21(26)17-20/h2-7,16-17,22H,8-15,18H2,1H3,(H,27,29). The van der Waals surface area contributed by atoms with Gasteiger partial charge in [-0.2, -0.15) is 0 Å². The maximum atomic E-state index is 12.9. The number of hydrogen-bond donors (Lipinski definition) is 1. The van der Waals surface area contributed by atoms with E-state index in [1.165, 1.54) is 0 Å². The molecule has 1 aliphatic carbocycles. The molecule has 2 fully saturated rings. The Morgan fingerprint density at radius 3 is 2.71 bits per heavy atom. The minimum atomic E-state index is -0.368. The van der Waals surface area contributed by atoms with Crippen molar-refractivity contribution in [2.24, 2.45) is 0 Å². The second-order valence-corrected chi connectivity index (χ2v) is 9.51. The molecule has 0 unspecified atom stereocenters. The number of carbonyl (C=O) groups is 1. The van der Waals surface area contributed by atoms with E-state index >= 15 is 0 Å². The van der Waals surface area contributed by atoms with Crippen molar-refractivity contribution in [1.82, 2.24) is 10.2 Å². The molecule has 1 N–H and O–H groups in total. The minimum absolute atomic E-state index is 0.106. The Morgan fingerprint density at radius 2 is 1.97 bits per heavy atom. The van der Waals surface area contributed by atoms with Gasteiger partial charge in [-0.05, 0) is 68.1 Å². The first-order chi connectivity index (χ1) is 15.1. The highest BCUT2D eigenvalue weighted by Gasteiger charge is 2.51. The molecule has 0 atom stereocenters. The van der Waals surface area contributed by atoms with Crippen molar-refractivity contribution in [3.8, 4) is 5.75 Å². The van der Waals surface area contributed by atoms with Crippen LogP contribution in [0.15, 0.2) is 53.0 Å². The summed E-state index contributed by atoms with van der Waals surface area (Å²) in [7, 11) is 2.16. The van der Waals surface area contributed by atoms with Gasteiger partial charge in [0, 0.05) is 36.8 Å². The molecule has 0 spiro atoms. The molecule has 0 radical (unpaired) electrons. The zero-order chi connectivity index (χ0) is 21.7. The molecule has 0 bridgehead atoms. The van der Waals surface area contributed by atoms with Gasteiger partial charge in [-0.25, -0.2) is 0 Å². The lowest BCUT2D eigenvalue weighted by Gasteiger charge is -2.31. The average Bonchev–Trinajstić information content (AvgIpc) is 3.61. The number of ether oxygens (including phenoxy) is 2. The molecule has 1 saturated carbocycles. The van der Waals surface area contributed by atoms with Crippen LogP contribution in [0.1, 0.15) is 36.8 Å².